The number of hydrogen-bond acceptors (Lipinski definition) is 6. The molecule has 3 aromatic heterocycles. The minimum absolute atomic E-state index is 0.0768. The Kier molecular flexibility index (Phi) is 4.75. The maximum absolute atomic E-state index is 12.3. The van der Waals surface area contributed by atoms with Crippen LogP contribution in [0.2, 0.25) is 0 Å². The number of thiophene rings is 1. The summed E-state index contributed by atoms with van der Waals surface area (Å²) >= 11 is 1.46. The lowest BCUT2D eigenvalue weighted by Gasteiger charge is -2.05. The van der Waals surface area contributed by atoms with Crippen LogP contribution in [0.15, 0.2) is 27.8 Å². The first-order chi connectivity index (χ1) is 11.6. The fourth-order valence-electron chi connectivity index (χ4n) is 2.40. The van der Waals surface area contributed by atoms with Gasteiger partial charge in [-0.3, -0.25) is 14.2 Å². The molecule has 126 valence electrons. The Morgan fingerprint density at radius 2 is 2.25 bits per heavy atom. The van der Waals surface area contributed by atoms with E-state index in [-0.39, 0.29) is 24.6 Å². The third-order valence-corrected chi connectivity index (χ3v) is 4.49. The molecule has 0 bridgehead atoms. The average Bonchev–Trinajstić information content (AvgIpc) is 3.15. The van der Waals surface area contributed by atoms with Crippen LogP contribution in [0.4, 0.5) is 0 Å². The van der Waals surface area contributed by atoms with Gasteiger partial charge in [-0.05, 0) is 19.4 Å². The van der Waals surface area contributed by atoms with Gasteiger partial charge in [0, 0.05) is 10.9 Å². The van der Waals surface area contributed by atoms with Gasteiger partial charge in [-0.15, -0.1) is 11.3 Å². The molecule has 0 saturated heterocycles. The predicted molar refractivity (Wildman–Crippen MR) is 91.0 cm³/mol. The molecular formula is C16H18N4O3S. The van der Waals surface area contributed by atoms with Gasteiger partial charge in [0.1, 0.15) is 11.4 Å². The molecule has 7 nitrogen and oxygen atoms in total. The van der Waals surface area contributed by atoms with E-state index in [4.69, 9.17) is 4.52 Å². The van der Waals surface area contributed by atoms with Crippen molar-refractivity contribution in [3.05, 3.63) is 45.1 Å². The van der Waals surface area contributed by atoms with E-state index in [1.54, 1.807) is 6.07 Å². The van der Waals surface area contributed by atoms with E-state index in [0.717, 1.165) is 23.4 Å². The monoisotopic (exact) mass is 346 g/mol. The van der Waals surface area contributed by atoms with Crippen molar-refractivity contribution in [3.63, 3.8) is 0 Å². The number of amides is 1. The highest BCUT2D eigenvalue weighted by molar-refractivity contribution is 7.18. The van der Waals surface area contributed by atoms with Crippen molar-refractivity contribution in [2.24, 2.45) is 0 Å². The van der Waals surface area contributed by atoms with E-state index in [0.29, 0.717) is 16.0 Å². The molecule has 0 radical (unpaired) electrons. The molecule has 3 heterocycles. The zero-order valence-corrected chi connectivity index (χ0v) is 14.4. The fourth-order valence-corrected chi connectivity index (χ4v) is 3.24. The largest absolute Gasteiger partial charge is 0.359 e. The van der Waals surface area contributed by atoms with E-state index < -0.39 is 0 Å². The number of carbonyl (C=O) groups excluding carboxylic acids is 1. The Labute approximate surface area is 142 Å². The summed E-state index contributed by atoms with van der Waals surface area (Å²) in [6.07, 6.45) is 3.24. The summed E-state index contributed by atoms with van der Waals surface area (Å²) in [6, 6.07) is 3.63. The summed E-state index contributed by atoms with van der Waals surface area (Å²) < 4.78 is 6.47. The smallest absolute Gasteiger partial charge is 0.262 e. The lowest BCUT2D eigenvalue weighted by atomic mass is 10.2. The molecule has 0 aromatic carbocycles. The third kappa shape index (κ3) is 3.53. The topological polar surface area (TPSA) is 90.0 Å². The Morgan fingerprint density at radius 3 is 3.04 bits per heavy atom. The minimum Gasteiger partial charge on any atom is -0.359 e. The molecule has 0 atom stereocenters. The summed E-state index contributed by atoms with van der Waals surface area (Å²) in [5.74, 6) is 0.319. The molecule has 0 saturated carbocycles. The molecule has 1 amide bonds. The number of fused-ring (bicyclic) bond motifs is 1. The van der Waals surface area contributed by atoms with Crippen molar-refractivity contribution in [2.45, 2.75) is 39.8 Å². The molecule has 1 N–H and O–H groups in total. The molecule has 0 fully saturated rings. The van der Waals surface area contributed by atoms with Gasteiger partial charge >= 0.3 is 0 Å². The fraction of sp³-hybridized carbons (Fsp3) is 0.375. The lowest BCUT2D eigenvalue weighted by Crippen LogP contribution is -2.31. The van der Waals surface area contributed by atoms with Gasteiger partial charge < -0.3 is 9.84 Å². The number of aromatic nitrogens is 3. The lowest BCUT2D eigenvalue weighted by molar-refractivity contribution is -0.122. The van der Waals surface area contributed by atoms with Crippen LogP contribution in [0.1, 0.15) is 29.7 Å². The molecule has 24 heavy (non-hydrogen) atoms. The summed E-state index contributed by atoms with van der Waals surface area (Å²) in [4.78, 5) is 30.3. The Bertz CT molecular complexity index is 925. The van der Waals surface area contributed by atoms with E-state index in [1.165, 1.54) is 22.2 Å². The van der Waals surface area contributed by atoms with Gasteiger partial charge in [-0.2, -0.15) is 0 Å². The van der Waals surface area contributed by atoms with Crippen LogP contribution in [-0.2, 0) is 24.3 Å². The highest BCUT2D eigenvalue weighted by Gasteiger charge is 2.11. The summed E-state index contributed by atoms with van der Waals surface area (Å²) in [7, 11) is 0. The van der Waals surface area contributed by atoms with Crippen LogP contribution in [-0.4, -0.2) is 20.6 Å². The van der Waals surface area contributed by atoms with Crippen molar-refractivity contribution in [1.82, 2.24) is 20.0 Å². The number of aryl methyl sites for hydroxylation is 2. The second-order valence-corrected chi connectivity index (χ2v) is 6.80. The first kappa shape index (κ1) is 16.4. The Balaban J connectivity index is 1.64. The summed E-state index contributed by atoms with van der Waals surface area (Å²) in [5.41, 5.74) is 0.671. The minimum atomic E-state index is -0.279. The van der Waals surface area contributed by atoms with Crippen molar-refractivity contribution in [3.8, 4) is 0 Å². The average molecular weight is 346 g/mol. The normalized spacial score (nSPS) is 11.1. The van der Waals surface area contributed by atoms with Crippen LogP contribution in [0.25, 0.3) is 10.2 Å². The molecule has 8 heteroatoms. The highest BCUT2D eigenvalue weighted by atomic mass is 32.1. The van der Waals surface area contributed by atoms with Gasteiger partial charge in [0.15, 0.2) is 5.76 Å². The molecule has 3 rings (SSSR count). The zero-order valence-electron chi connectivity index (χ0n) is 13.5. The van der Waals surface area contributed by atoms with Crippen LogP contribution >= 0.6 is 11.3 Å². The van der Waals surface area contributed by atoms with E-state index in [1.807, 2.05) is 13.0 Å². The quantitative estimate of drug-likeness (QED) is 0.737. The first-order valence-electron chi connectivity index (χ1n) is 7.73. The van der Waals surface area contributed by atoms with Gasteiger partial charge in [-0.25, -0.2) is 4.98 Å². The molecule has 3 aromatic rings. The van der Waals surface area contributed by atoms with E-state index in [2.05, 4.69) is 22.4 Å². The van der Waals surface area contributed by atoms with Crippen LogP contribution in [0, 0.1) is 6.92 Å². The first-order valence-corrected chi connectivity index (χ1v) is 8.55. The molecular weight excluding hydrogens is 328 g/mol. The maximum Gasteiger partial charge on any atom is 0.262 e. The predicted octanol–water partition coefficient (Wildman–Crippen LogP) is 2.02. The van der Waals surface area contributed by atoms with E-state index in [9.17, 15) is 9.59 Å². The number of carbonyl (C=O) groups is 1. The third-order valence-electron chi connectivity index (χ3n) is 3.53. The second-order valence-electron chi connectivity index (χ2n) is 5.56. The van der Waals surface area contributed by atoms with Crippen molar-refractivity contribution < 1.29 is 9.32 Å². The summed E-state index contributed by atoms with van der Waals surface area (Å²) in [6.45, 7) is 4.16. The van der Waals surface area contributed by atoms with Crippen LogP contribution < -0.4 is 10.9 Å². The molecule has 0 unspecified atom stereocenters. The highest BCUT2D eigenvalue weighted by Crippen LogP contribution is 2.19. The number of nitrogens with one attached hydrogen (secondary N) is 1. The SMILES string of the molecule is CCCc1cc(CNC(=O)Cn2cnc3sc(C)cc3c2=O)on1. The zero-order chi connectivity index (χ0) is 17.1. The molecule has 0 aliphatic heterocycles. The summed E-state index contributed by atoms with van der Waals surface area (Å²) in [5, 5.41) is 7.20. The van der Waals surface area contributed by atoms with Crippen LogP contribution in [0.3, 0.4) is 0 Å². The van der Waals surface area contributed by atoms with Gasteiger partial charge in [-0.1, -0.05) is 18.5 Å². The molecule has 0 aliphatic rings. The van der Waals surface area contributed by atoms with Crippen molar-refractivity contribution in [1.29, 1.82) is 0 Å². The van der Waals surface area contributed by atoms with E-state index >= 15 is 0 Å². The maximum atomic E-state index is 12.3. The van der Waals surface area contributed by atoms with Gasteiger partial charge in [0.05, 0.1) is 24.0 Å². The van der Waals surface area contributed by atoms with Gasteiger partial charge in [0.25, 0.3) is 5.56 Å². The van der Waals surface area contributed by atoms with Gasteiger partial charge in [0.2, 0.25) is 5.91 Å². The Morgan fingerprint density at radius 1 is 1.42 bits per heavy atom. The van der Waals surface area contributed by atoms with Crippen molar-refractivity contribution in [2.75, 3.05) is 0 Å². The van der Waals surface area contributed by atoms with Crippen molar-refractivity contribution >= 4 is 27.5 Å². The second kappa shape index (κ2) is 6.96. The number of nitrogens with zero attached hydrogens (tertiary/aromatic N) is 3. The standard InChI is InChI=1S/C16H18N4O3S/c1-3-4-11-6-12(23-19-11)7-17-14(21)8-20-9-18-15-13(16(20)22)5-10(2)24-15/h5-6,9H,3-4,7-8H2,1-2H3,(H,17,21). The molecule has 0 spiro atoms. The molecule has 0 aliphatic carbocycles. The number of hydrogen-bond donors (Lipinski definition) is 1. The Hall–Kier alpha value is -2.48. The number of rotatable bonds is 6. The van der Waals surface area contributed by atoms with Crippen LogP contribution in [0.5, 0.6) is 0 Å².